The zero-order chi connectivity index (χ0) is 23.1. The van der Waals surface area contributed by atoms with Crippen molar-refractivity contribution in [1.29, 1.82) is 0 Å². The summed E-state index contributed by atoms with van der Waals surface area (Å²) >= 11 is 0. The topological polar surface area (TPSA) is 49.4 Å². The van der Waals surface area contributed by atoms with E-state index in [2.05, 4.69) is 36.3 Å². The van der Waals surface area contributed by atoms with Crippen LogP contribution in [0.25, 0.3) is 0 Å². The van der Waals surface area contributed by atoms with E-state index in [0.29, 0.717) is 10.5 Å². The maximum atomic E-state index is 13.7. The number of benzene rings is 2. The first-order valence-corrected chi connectivity index (χ1v) is 14.9. The Kier molecular flexibility index (Phi) is 6.64. The number of rotatable bonds is 4. The zero-order valence-corrected chi connectivity index (χ0v) is 21.6. The van der Waals surface area contributed by atoms with Gasteiger partial charge in [0.1, 0.15) is 11.0 Å². The molecular weight excluding hydrogens is 435 g/mol. The third-order valence-corrected chi connectivity index (χ3v) is 9.36. The quantitative estimate of drug-likeness (QED) is 0.615. The van der Waals surface area contributed by atoms with Gasteiger partial charge in [-0.05, 0) is 88.1 Å². The second-order valence-electron chi connectivity index (χ2n) is 10.5. The smallest absolute Gasteiger partial charge is 0.258 e. The fraction of sp³-hybridized carbons (Fsp3) is 0.500. The predicted molar refractivity (Wildman–Crippen MR) is 137 cm³/mol. The fourth-order valence-corrected chi connectivity index (χ4v) is 6.88. The number of carbonyl (C=O) groups excluding carboxylic acids is 1. The van der Waals surface area contributed by atoms with Gasteiger partial charge in [-0.15, -0.1) is 0 Å². The lowest BCUT2D eigenvalue weighted by Crippen LogP contribution is -2.38. The van der Waals surface area contributed by atoms with Gasteiger partial charge in [-0.1, -0.05) is 39.3 Å². The molecule has 0 aromatic heterocycles. The minimum atomic E-state index is -1.36. The largest absolute Gasteiger partial charge is 0.307 e. The Bertz CT molecular complexity index is 1040. The third-order valence-electron chi connectivity index (χ3n) is 6.57. The molecule has 1 heterocycles. The molecule has 1 atom stereocenters. The molecule has 32 heavy (non-hydrogen) atoms. The van der Waals surface area contributed by atoms with Gasteiger partial charge < -0.3 is 4.90 Å². The number of nitrogens with zero attached hydrogens (tertiary/aromatic N) is 1. The van der Waals surface area contributed by atoms with Crippen molar-refractivity contribution >= 4 is 35.8 Å². The van der Waals surface area contributed by atoms with Crippen molar-refractivity contribution in [2.24, 2.45) is 0 Å². The first-order chi connectivity index (χ1) is 15.1. The standard InChI is InChI=1S/C26H35N2O2PS/c1-25(2,3)27-32(30)21-11-9-10-19(16-21)24(29)28-18-26(14-7-6-8-15-26)22-17-20(31(4)5)12-13-23(22)28/h9-13,16-17,27H,6-8,14-15,18H2,1-5H3. The second kappa shape index (κ2) is 9.00. The van der Waals surface area contributed by atoms with Crippen LogP contribution in [0.5, 0.6) is 0 Å². The Labute approximate surface area is 196 Å². The van der Waals surface area contributed by atoms with Crippen LogP contribution in [0.1, 0.15) is 68.8 Å². The molecule has 1 amide bonds. The second-order valence-corrected chi connectivity index (χ2v) is 14.0. The van der Waals surface area contributed by atoms with Crippen molar-refractivity contribution < 1.29 is 9.00 Å². The molecule has 1 aliphatic heterocycles. The van der Waals surface area contributed by atoms with Crippen LogP contribution in [0.15, 0.2) is 47.4 Å². The van der Waals surface area contributed by atoms with Crippen LogP contribution in [-0.4, -0.2) is 35.5 Å². The Morgan fingerprint density at radius 1 is 1.06 bits per heavy atom. The highest BCUT2D eigenvalue weighted by Gasteiger charge is 2.45. The fourth-order valence-electron chi connectivity index (χ4n) is 5.01. The van der Waals surface area contributed by atoms with Crippen LogP contribution >= 0.6 is 7.92 Å². The highest BCUT2D eigenvalue weighted by atomic mass is 32.2. The number of amides is 1. The van der Waals surface area contributed by atoms with Gasteiger partial charge in [0.2, 0.25) is 0 Å². The monoisotopic (exact) mass is 470 g/mol. The Balaban J connectivity index is 1.68. The molecule has 1 unspecified atom stereocenters. The van der Waals surface area contributed by atoms with E-state index in [9.17, 15) is 9.00 Å². The Morgan fingerprint density at radius 2 is 1.78 bits per heavy atom. The van der Waals surface area contributed by atoms with E-state index < -0.39 is 11.0 Å². The molecule has 0 saturated heterocycles. The number of hydrogen-bond donors (Lipinski definition) is 1. The molecule has 1 saturated carbocycles. The van der Waals surface area contributed by atoms with Gasteiger partial charge in [0.25, 0.3) is 5.91 Å². The molecule has 6 heteroatoms. The zero-order valence-electron chi connectivity index (χ0n) is 19.9. The molecule has 0 bridgehead atoms. The van der Waals surface area contributed by atoms with E-state index in [1.807, 2.05) is 43.9 Å². The lowest BCUT2D eigenvalue weighted by atomic mass is 9.71. The summed E-state index contributed by atoms with van der Waals surface area (Å²) in [5.41, 5.74) is 2.84. The summed E-state index contributed by atoms with van der Waals surface area (Å²) in [5, 5.41) is 1.41. The first kappa shape index (κ1) is 23.6. The van der Waals surface area contributed by atoms with Crippen molar-refractivity contribution in [3.8, 4) is 0 Å². The minimum Gasteiger partial charge on any atom is -0.307 e. The number of hydrogen-bond acceptors (Lipinski definition) is 2. The highest BCUT2D eigenvalue weighted by Crippen LogP contribution is 2.50. The van der Waals surface area contributed by atoms with Crippen LogP contribution in [0, 0.1) is 0 Å². The summed E-state index contributed by atoms with van der Waals surface area (Å²) in [5.74, 6) is 0.00585. The van der Waals surface area contributed by atoms with E-state index in [1.54, 1.807) is 6.07 Å². The molecule has 0 radical (unpaired) electrons. The average Bonchev–Trinajstić information content (AvgIpc) is 3.06. The van der Waals surface area contributed by atoms with E-state index in [0.717, 1.165) is 25.1 Å². The summed E-state index contributed by atoms with van der Waals surface area (Å²) in [6.45, 7) is 11.3. The van der Waals surface area contributed by atoms with E-state index in [-0.39, 0.29) is 24.8 Å². The van der Waals surface area contributed by atoms with E-state index >= 15 is 0 Å². The summed E-state index contributed by atoms with van der Waals surface area (Å²) in [6.07, 6.45) is 6.04. The van der Waals surface area contributed by atoms with Crippen LogP contribution in [0.3, 0.4) is 0 Å². The number of nitrogens with one attached hydrogen (secondary N) is 1. The van der Waals surface area contributed by atoms with Crippen LogP contribution in [0.4, 0.5) is 5.69 Å². The predicted octanol–water partition coefficient (Wildman–Crippen LogP) is 5.33. The van der Waals surface area contributed by atoms with Gasteiger partial charge in [-0.3, -0.25) is 4.79 Å². The average molecular weight is 471 g/mol. The van der Waals surface area contributed by atoms with Crippen LogP contribution < -0.4 is 14.9 Å². The lowest BCUT2D eigenvalue weighted by molar-refractivity contribution is 0.0982. The van der Waals surface area contributed by atoms with Gasteiger partial charge in [0, 0.05) is 28.7 Å². The molecule has 1 N–H and O–H groups in total. The van der Waals surface area contributed by atoms with Gasteiger partial charge in [0.05, 0.1) is 4.90 Å². The summed E-state index contributed by atoms with van der Waals surface area (Å²) in [4.78, 5) is 16.3. The van der Waals surface area contributed by atoms with Gasteiger partial charge in [0.15, 0.2) is 0 Å². The summed E-state index contributed by atoms with van der Waals surface area (Å²) < 4.78 is 15.9. The van der Waals surface area contributed by atoms with Crippen molar-refractivity contribution in [1.82, 2.24) is 4.72 Å². The van der Waals surface area contributed by atoms with Crippen LogP contribution in [0.2, 0.25) is 0 Å². The Morgan fingerprint density at radius 3 is 2.44 bits per heavy atom. The third kappa shape index (κ3) is 4.71. The van der Waals surface area contributed by atoms with E-state index in [1.165, 1.54) is 30.1 Å². The molecule has 1 fully saturated rings. The first-order valence-electron chi connectivity index (χ1n) is 11.5. The number of carbonyl (C=O) groups is 1. The van der Waals surface area contributed by atoms with Crippen LogP contribution in [-0.2, 0) is 16.4 Å². The molecule has 1 spiro atoms. The van der Waals surface area contributed by atoms with E-state index in [4.69, 9.17) is 0 Å². The molecule has 2 aliphatic rings. The van der Waals surface area contributed by atoms with Crippen molar-refractivity contribution in [2.45, 2.75) is 68.7 Å². The SMILES string of the molecule is CP(C)c1ccc2c(c1)C1(CCCCC1)CN2C(=O)c1cccc(S(=O)NC(C)(C)C)c1. The van der Waals surface area contributed by atoms with Crippen molar-refractivity contribution in [3.63, 3.8) is 0 Å². The molecule has 4 nitrogen and oxygen atoms in total. The molecule has 2 aromatic rings. The summed E-state index contributed by atoms with van der Waals surface area (Å²) in [6, 6.07) is 14.0. The molecule has 172 valence electrons. The maximum Gasteiger partial charge on any atom is 0.258 e. The normalized spacial score (nSPS) is 18.8. The number of anilines is 1. The maximum absolute atomic E-state index is 13.7. The molecule has 4 rings (SSSR count). The Hall–Kier alpha value is -1.55. The van der Waals surface area contributed by atoms with Gasteiger partial charge in [-0.2, -0.15) is 0 Å². The molecular formula is C26H35N2O2PS. The van der Waals surface area contributed by atoms with Crippen molar-refractivity contribution in [3.05, 3.63) is 53.6 Å². The van der Waals surface area contributed by atoms with Gasteiger partial charge >= 0.3 is 0 Å². The molecule has 1 aliphatic carbocycles. The molecule has 2 aromatic carbocycles. The van der Waals surface area contributed by atoms with Gasteiger partial charge in [-0.25, -0.2) is 8.93 Å². The highest BCUT2D eigenvalue weighted by molar-refractivity contribution is 7.83. The summed E-state index contributed by atoms with van der Waals surface area (Å²) in [7, 11) is -1.54. The number of fused-ring (bicyclic) bond motifs is 2. The van der Waals surface area contributed by atoms with Crippen molar-refractivity contribution in [2.75, 3.05) is 24.8 Å². The lowest BCUT2D eigenvalue weighted by Gasteiger charge is -2.34. The minimum absolute atomic E-state index is 0.00585.